The number of benzene rings is 3. The molecule has 4 aromatic rings. The number of aryl methyl sites for hydroxylation is 1. The van der Waals surface area contributed by atoms with E-state index >= 15 is 0 Å². The number of nitrogens with one attached hydrogen (secondary N) is 1. The van der Waals surface area contributed by atoms with Crippen molar-refractivity contribution in [3.8, 4) is 5.75 Å². The molecule has 8 nitrogen and oxygen atoms in total. The van der Waals surface area contributed by atoms with E-state index in [1.54, 1.807) is 24.3 Å². The molecule has 1 aromatic heterocycles. The molecule has 43 heavy (non-hydrogen) atoms. The third kappa shape index (κ3) is 5.29. The molecule has 3 amide bonds. The minimum Gasteiger partial charge on any atom is -0.508 e. The van der Waals surface area contributed by atoms with Gasteiger partial charge in [0.25, 0.3) is 0 Å². The largest absolute Gasteiger partial charge is 0.508 e. The quantitative estimate of drug-likeness (QED) is 0.222. The van der Waals surface area contributed by atoms with Crippen LogP contribution in [0.1, 0.15) is 48.3 Å². The van der Waals surface area contributed by atoms with Gasteiger partial charge in [0.1, 0.15) is 17.5 Å². The number of hydrogen-bond acceptors (Lipinski definition) is 7. The molecule has 3 aromatic carbocycles. The summed E-state index contributed by atoms with van der Waals surface area (Å²) in [5.74, 6) is -2.20. The predicted molar refractivity (Wildman–Crippen MR) is 169 cm³/mol. The Morgan fingerprint density at radius 1 is 0.907 bits per heavy atom. The smallest absolute Gasteiger partial charge is 0.308 e. The first-order chi connectivity index (χ1) is 20.4. The number of hydrogen-bond donors (Lipinski definition) is 2. The van der Waals surface area contributed by atoms with Gasteiger partial charge in [0.05, 0.1) is 16.6 Å². The topological polar surface area (TPSA) is 109 Å². The summed E-state index contributed by atoms with van der Waals surface area (Å²) in [4.78, 5) is 56.0. The zero-order valence-electron chi connectivity index (χ0n) is 24.2. The SMILES string of the molecule is Cc1ccc(N2C(=O)C3Sc4c(sc(=O)n4CC(=O)Nc4ccc(O)cc4)[C@H](c4ccc(C(C)(C)C)cc4)C3C2=O)cc1. The third-order valence-electron chi connectivity index (χ3n) is 7.93. The van der Waals surface area contributed by atoms with Gasteiger partial charge in [-0.1, -0.05) is 85.8 Å². The van der Waals surface area contributed by atoms with E-state index in [4.69, 9.17) is 0 Å². The van der Waals surface area contributed by atoms with Gasteiger partial charge in [-0.05, 0) is 59.9 Å². The normalized spacial score (nSPS) is 19.7. The number of carbonyl (C=O) groups is 3. The van der Waals surface area contributed by atoms with E-state index < -0.39 is 23.0 Å². The molecule has 3 atom stereocenters. The highest BCUT2D eigenvalue weighted by molar-refractivity contribution is 8.00. The Morgan fingerprint density at radius 2 is 1.56 bits per heavy atom. The van der Waals surface area contributed by atoms with Crippen molar-refractivity contribution >= 4 is 52.2 Å². The minimum absolute atomic E-state index is 0.0733. The number of carbonyl (C=O) groups excluding carboxylic acids is 3. The minimum atomic E-state index is -0.756. The van der Waals surface area contributed by atoms with Crippen LogP contribution in [0, 0.1) is 12.8 Å². The third-order valence-corrected chi connectivity index (χ3v) is 10.5. The standard InChI is InChI=1S/C33H31N3O5S2/c1-18-5-13-22(14-6-18)36-29(39)26-25(19-7-9-20(10-8-19)33(2,3)4)28-31(42-27(26)30(36)40)35(32(41)43-28)17-24(38)34-21-11-15-23(37)16-12-21/h5-16,25-27,37H,17H2,1-4H3,(H,34,38)/t25-,26?,27?/m1/s1. The average molecular weight is 614 g/mol. The van der Waals surface area contributed by atoms with Crippen molar-refractivity contribution in [3.63, 3.8) is 0 Å². The number of phenols is 1. The van der Waals surface area contributed by atoms with Crippen LogP contribution >= 0.6 is 23.1 Å². The van der Waals surface area contributed by atoms with E-state index in [2.05, 4.69) is 26.1 Å². The Labute approximate surface area is 257 Å². The maximum atomic E-state index is 14.1. The van der Waals surface area contributed by atoms with Gasteiger partial charge in [0.15, 0.2) is 0 Å². The maximum absolute atomic E-state index is 14.1. The van der Waals surface area contributed by atoms with Gasteiger partial charge >= 0.3 is 4.87 Å². The molecular formula is C33H31N3O5S2. The summed E-state index contributed by atoms with van der Waals surface area (Å²) in [6.07, 6.45) is 0. The first kappa shape index (κ1) is 28.9. The fourth-order valence-corrected chi connectivity index (χ4v) is 8.42. The monoisotopic (exact) mass is 613 g/mol. The van der Waals surface area contributed by atoms with Crippen molar-refractivity contribution in [1.82, 2.24) is 4.57 Å². The summed E-state index contributed by atoms with van der Waals surface area (Å²) in [6.45, 7) is 8.07. The van der Waals surface area contributed by atoms with Crippen LogP contribution < -0.4 is 15.1 Å². The lowest BCUT2D eigenvalue weighted by atomic mass is 9.81. The molecule has 0 radical (unpaired) electrons. The number of anilines is 2. The van der Waals surface area contributed by atoms with Crippen molar-refractivity contribution in [3.05, 3.63) is 104 Å². The van der Waals surface area contributed by atoms with Crippen molar-refractivity contribution < 1.29 is 19.5 Å². The number of nitrogens with zero attached hydrogens (tertiary/aromatic N) is 2. The Morgan fingerprint density at radius 3 is 2.19 bits per heavy atom. The molecule has 0 aliphatic carbocycles. The lowest BCUT2D eigenvalue weighted by molar-refractivity contribution is -0.122. The first-order valence-corrected chi connectivity index (χ1v) is 15.7. The van der Waals surface area contributed by atoms with E-state index in [0.29, 0.717) is 21.3 Å². The number of thiazole rings is 1. The Hall–Kier alpha value is -4.15. The first-order valence-electron chi connectivity index (χ1n) is 14.0. The van der Waals surface area contributed by atoms with Gasteiger partial charge in [-0.25, -0.2) is 4.90 Å². The van der Waals surface area contributed by atoms with E-state index in [9.17, 15) is 24.3 Å². The number of aromatic hydroxyl groups is 1. The van der Waals surface area contributed by atoms with Crippen LogP contribution in [0.5, 0.6) is 5.75 Å². The summed E-state index contributed by atoms with van der Waals surface area (Å²) < 4.78 is 1.40. The second-order valence-electron chi connectivity index (χ2n) is 12.0. The molecule has 0 saturated carbocycles. The van der Waals surface area contributed by atoms with Crippen LogP contribution in [-0.2, 0) is 26.3 Å². The number of imide groups is 1. The molecule has 6 rings (SSSR count). The van der Waals surface area contributed by atoms with Crippen LogP contribution in [-0.4, -0.2) is 32.6 Å². The number of rotatable bonds is 5. The Kier molecular flexibility index (Phi) is 7.30. The van der Waals surface area contributed by atoms with Crippen LogP contribution in [0.4, 0.5) is 11.4 Å². The second kappa shape index (κ2) is 10.8. The molecule has 2 unspecified atom stereocenters. The zero-order chi connectivity index (χ0) is 30.6. The molecule has 2 aliphatic heterocycles. The van der Waals surface area contributed by atoms with Gasteiger partial charge in [-0.3, -0.25) is 23.7 Å². The Bertz CT molecular complexity index is 1780. The summed E-state index contributed by atoms with van der Waals surface area (Å²) in [7, 11) is 0. The predicted octanol–water partition coefficient (Wildman–Crippen LogP) is 5.66. The molecule has 1 fully saturated rings. The van der Waals surface area contributed by atoms with E-state index in [1.165, 1.54) is 33.4 Å². The highest BCUT2D eigenvalue weighted by Gasteiger charge is 2.56. The number of amides is 3. The van der Waals surface area contributed by atoms with Crippen LogP contribution in [0.15, 0.2) is 82.6 Å². The lowest BCUT2D eigenvalue weighted by Gasteiger charge is -2.31. The van der Waals surface area contributed by atoms with Crippen LogP contribution in [0.2, 0.25) is 0 Å². The molecular weight excluding hydrogens is 583 g/mol. The highest BCUT2D eigenvalue weighted by Crippen LogP contribution is 2.54. The number of thioether (sulfide) groups is 1. The second-order valence-corrected chi connectivity index (χ2v) is 14.1. The number of aromatic nitrogens is 1. The summed E-state index contributed by atoms with van der Waals surface area (Å²) in [5.41, 5.74) is 3.92. The van der Waals surface area contributed by atoms with Gasteiger partial charge in [-0.15, -0.1) is 0 Å². The fraction of sp³-hybridized carbons (Fsp3) is 0.273. The molecule has 220 valence electrons. The zero-order valence-corrected chi connectivity index (χ0v) is 25.8. The van der Waals surface area contributed by atoms with Crippen molar-refractivity contribution in [2.45, 2.75) is 55.8 Å². The van der Waals surface area contributed by atoms with Gasteiger partial charge in [0, 0.05) is 16.5 Å². The molecule has 3 heterocycles. The van der Waals surface area contributed by atoms with Gasteiger partial charge in [-0.2, -0.15) is 0 Å². The fourth-order valence-electron chi connectivity index (χ4n) is 5.64. The summed E-state index contributed by atoms with van der Waals surface area (Å²) >= 11 is 2.22. The summed E-state index contributed by atoms with van der Waals surface area (Å²) in [6, 6.07) is 21.4. The molecule has 10 heteroatoms. The van der Waals surface area contributed by atoms with Gasteiger partial charge in [0.2, 0.25) is 17.7 Å². The molecule has 0 spiro atoms. The maximum Gasteiger partial charge on any atom is 0.308 e. The number of phenolic OH excluding ortho intramolecular Hbond substituents is 1. The summed E-state index contributed by atoms with van der Waals surface area (Å²) in [5, 5.41) is 12.1. The molecule has 1 saturated heterocycles. The van der Waals surface area contributed by atoms with E-state index in [1.807, 2.05) is 43.3 Å². The lowest BCUT2D eigenvalue weighted by Crippen LogP contribution is -2.33. The van der Waals surface area contributed by atoms with Gasteiger partial charge < -0.3 is 10.4 Å². The number of fused-ring (bicyclic) bond motifs is 2. The van der Waals surface area contributed by atoms with E-state index in [-0.39, 0.29) is 34.4 Å². The Balaban J connectivity index is 1.41. The average Bonchev–Trinajstić information content (AvgIpc) is 3.40. The molecule has 0 bridgehead atoms. The van der Waals surface area contributed by atoms with Crippen molar-refractivity contribution in [2.24, 2.45) is 5.92 Å². The van der Waals surface area contributed by atoms with Crippen LogP contribution in [0.3, 0.4) is 0 Å². The van der Waals surface area contributed by atoms with E-state index in [0.717, 1.165) is 28.0 Å². The molecule has 2 aliphatic rings. The van der Waals surface area contributed by atoms with Crippen molar-refractivity contribution in [2.75, 3.05) is 10.2 Å². The van der Waals surface area contributed by atoms with Crippen molar-refractivity contribution in [1.29, 1.82) is 0 Å². The highest BCUT2D eigenvalue weighted by atomic mass is 32.2. The molecule has 2 N–H and O–H groups in total. The van der Waals surface area contributed by atoms with Crippen LogP contribution in [0.25, 0.3) is 0 Å².